The third-order valence-corrected chi connectivity index (χ3v) is 7.18. The van der Waals surface area contributed by atoms with Crippen LogP contribution in [-0.2, 0) is 9.59 Å². The van der Waals surface area contributed by atoms with Gasteiger partial charge in [0.15, 0.2) is 0 Å². The van der Waals surface area contributed by atoms with Crippen molar-refractivity contribution in [2.45, 2.75) is 64.5 Å². The van der Waals surface area contributed by atoms with Gasteiger partial charge in [-0.05, 0) is 55.3 Å². The van der Waals surface area contributed by atoms with Crippen LogP contribution >= 0.6 is 12.4 Å². The average Bonchev–Trinajstić information content (AvgIpc) is 3.17. The number of amides is 4. The van der Waals surface area contributed by atoms with Crippen molar-refractivity contribution in [3.05, 3.63) is 0 Å². The maximum Gasteiger partial charge on any atom is 0.325 e. The number of nitrogens with two attached hydrogens (primary N) is 1. The number of imide groups is 1. The SMILES string of the molecule is CC1CC(C)(C)CC2(C1)NC(=O)N(CC(=O)N1CC3CCC(N)C3C1)C2=O.Cl. The summed E-state index contributed by atoms with van der Waals surface area (Å²) in [5.41, 5.74) is 5.30. The van der Waals surface area contributed by atoms with Gasteiger partial charge in [-0.2, -0.15) is 0 Å². The molecule has 8 heteroatoms. The van der Waals surface area contributed by atoms with Crippen LogP contribution in [-0.4, -0.2) is 58.9 Å². The lowest BCUT2D eigenvalue weighted by Crippen LogP contribution is -2.54. The summed E-state index contributed by atoms with van der Waals surface area (Å²) >= 11 is 0. The monoisotopic (exact) mass is 412 g/mol. The van der Waals surface area contributed by atoms with E-state index in [1.807, 2.05) is 0 Å². The standard InChI is InChI=1S/C20H32N4O3.ClH/c1-12-6-19(2,3)11-20(7-12)17(26)24(18(27)22-20)10-16(25)23-8-13-4-5-15(21)14(13)9-23;/h12-15H,4-11,21H2,1-3H3,(H,22,27);1H. The van der Waals surface area contributed by atoms with Gasteiger partial charge in [0.2, 0.25) is 5.91 Å². The lowest BCUT2D eigenvalue weighted by atomic mass is 9.64. The summed E-state index contributed by atoms with van der Waals surface area (Å²) in [6, 6.07) is -0.256. The zero-order chi connectivity index (χ0) is 19.6. The molecule has 28 heavy (non-hydrogen) atoms. The molecule has 1 spiro atoms. The summed E-state index contributed by atoms with van der Waals surface area (Å²) in [6.07, 6.45) is 4.40. The molecule has 3 N–H and O–H groups in total. The number of urea groups is 1. The molecule has 4 aliphatic rings. The molecular weight excluding hydrogens is 380 g/mol. The maximum absolute atomic E-state index is 13.2. The molecule has 4 amide bonds. The lowest BCUT2D eigenvalue weighted by molar-refractivity contribution is -0.140. The Kier molecular flexibility index (Phi) is 5.47. The van der Waals surface area contributed by atoms with Gasteiger partial charge in [-0.3, -0.25) is 14.5 Å². The smallest absolute Gasteiger partial charge is 0.325 e. The molecular formula is C20H33ClN4O3. The van der Waals surface area contributed by atoms with Gasteiger partial charge in [0.05, 0.1) is 0 Å². The molecule has 5 unspecified atom stereocenters. The van der Waals surface area contributed by atoms with Crippen LogP contribution in [0.25, 0.3) is 0 Å². The van der Waals surface area contributed by atoms with Crippen molar-refractivity contribution < 1.29 is 14.4 Å². The summed E-state index contributed by atoms with van der Waals surface area (Å²) in [6.45, 7) is 7.62. The predicted molar refractivity (Wildman–Crippen MR) is 108 cm³/mol. The van der Waals surface area contributed by atoms with Crippen LogP contribution in [0.5, 0.6) is 0 Å². The summed E-state index contributed by atoms with van der Waals surface area (Å²) in [5.74, 6) is 0.826. The molecule has 4 rings (SSSR count). The van der Waals surface area contributed by atoms with E-state index in [2.05, 4.69) is 26.1 Å². The van der Waals surface area contributed by atoms with Crippen molar-refractivity contribution in [2.75, 3.05) is 19.6 Å². The highest BCUT2D eigenvalue weighted by atomic mass is 35.5. The molecule has 2 aliphatic heterocycles. The van der Waals surface area contributed by atoms with Crippen LogP contribution in [0.1, 0.15) is 52.9 Å². The molecule has 0 aromatic heterocycles. The number of hydrogen-bond acceptors (Lipinski definition) is 4. The third-order valence-electron chi connectivity index (χ3n) is 7.18. The van der Waals surface area contributed by atoms with Crippen molar-refractivity contribution >= 4 is 30.3 Å². The van der Waals surface area contributed by atoms with E-state index >= 15 is 0 Å². The van der Waals surface area contributed by atoms with Crippen LogP contribution in [0.4, 0.5) is 4.79 Å². The van der Waals surface area contributed by atoms with Gasteiger partial charge in [0.25, 0.3) is 5.91 Å². The topological polar surface area (TPSA) is 95.7 Å². The first-order valence-corrected chi connectivity index (χ1v) is 10.3. The molecule has 2 saturated carbocycles. The first kappa shape index (κ1) is 21.4. The van der Waals surface area contributed by atoms with Crippen molar-refractivity contribution in [1.29, 1.82) is 0 Å². The number of rotatable bonds is 2. The highest BCUT2D eigenvalue weighted by Gasteiger charge is 2.56. The minimum Gasteiger partial charge on any atom is -0.341 e. The van der Waals surface area contributed by atoms with Gasteiger partial charge in [-0.25, -0.2) is 4.79 Å². The van der Waals surface area contributed by atoms with E-state index in [1.54, 1.807) is 4.90 Å². The molecule has 0 aromatic rings. The number of hydrogen-bond donors (Lipinski definition) is 2. The van der Waals surface area contributed by atoms with Crippen LogP contribution in [0.15, 0.2) is 0 Å². The fraction of sp³-hybridized carbons (Fsp3) is 0.850. The minimum atomic E-state index is -0.845. The normalized spacial score (nSPS) is 39.1. The summed E-state index contributed by atoms with van der Waals surface area (Å²) < 4.78 is 0. The second-order valence-corrected chi connectivity index (χ2v) is 10.2. The average molecular weight is 413 g/mol. The van der Waals surface area contributed by atoms with Crippen molar-refractivity contribution in [1.82, 2.24) is 15.1 Å². The highest BCUT2D eigenvalue weighted by molar-refractivity contribution is 6.09. The van der Waals surface area contributed by atoms with Crippen LogP contribution in [0, 0.1) is 23.2 Å². The number of nitrogens with one attached hydrogen (secondary N) is 1. The van der Waals surface area contributed by atoms with Gasteiger partial charge in [0.1, 0.15) is 12.1 Å². The lowest BCUT2D eigenvalue weighted by Gasteiger charge is -2.43. The Balaban J connectivity index is 0.00000225. The summed E-state index contributed by atoms with van der Waals surface area (Å²) in [5, 5.41) is 2.94. The molecule has 5 atom stereocenters. The van der Waals surface area contributed by atoms with Gasteiger partial charge < -0.3 is 16.0 Å². The van der Waals surface area contributed by atoms with E-state index in [0.29, 0.717) is 43.7 Å². The zero-order valence-electron chi connectivity index (χ0n) is 17.1. The Morgan fingerprint density at radius 2 is 1.93 bits per heavy atom. The first-order chi connectivity index (χ1) is 12.6. The number of fused-ring (bicyclic) bond motifs is 1. The van der Waals surface area contributed by atoms with E-state index in [-0.39, 0.29) is 42.2 Å². The van der Waals surface area contributed by atoms with Crippen LogP contribution in [0.2, 0.25) is 0 Å². The van der Waals surface area contributed by atoms with Crippen molar-refractivity contribution in [3.63, 3.8) is 0 Å². The molecule has 2 aliphatic carbocycles. The minimum absolute atomic E-state index is 0. The van der Waals surface area contributed by atoms with Gasteiger partial charge in [-0.15, -0.1) is 12.4 Å². The van der Waals surface area contributed by atoms with E-state index in [9.17, 15) is 14.4 Å². The first-order valence-electron chi connectivity index (χ1n) is 10.3. The Labute approximate surface area is 173 Å². The Bertz CT molecular complexity index is 684. The molecule has 7 nitrogen and oxygen atoms in total. The van der Waals surface area contributed by atoms with Gasteiger partial charge >= 0.3 is 6.03 Å². The number of halogens is 1. The van der Waals surface area contributed by atoms with Crippen molar-refractivity contribution in [2.24, 2.45) is 28.9 Å². The number of nitrogens with zero attached hydrogens (tertiary/aromatic N) is 2. The maximum atomic E-state index is 13.2. The molecule has 0 bridgehead atoms. The molecule has 2 heterocycles. The predicted octanol–water partition coefficient (Wildman–Crippen LogP) is 1.74. The quantitative estimate of drug-likeness (QED) is 0.675. The molecule has 0 aromatic carbocycles. The highest BCUT2D eigenvalue weighted by Crippen LogP contribution is 2.46. The largest absolute Gasteiger partial charge is 0.341 e. The summed E-state index contributed by atoms with van der Waals surface area (Å²) in [4.78, 5) is 41.5. The Hall–Kier alpha value is -1.34. The van der Waals surface area contributed by atoms with E-state index in [4.69, 9.17) is 5.73 Å². The zero-order valence-corrected chi connectivity index (χ0v) is 17.9. The molecule has 158 valence electrons. The van der Waals surface area contributed by atoms with Gasteiger partial charge in [0, 0.05) is 19.1 Å². The summed E-state index contributed by atoms with van der Waals surface area (Å²) in [7, 11) is 0. The Morgan fingerprint density at radius 1 is 1.21 bits per heavy atom. The fourth-order valence-electron chi connectivity index (χ4n) is 6.40. The second kappa shape index (κ2) is 7.17. The van der Waals surface area contributed by atoms with E-state index in [0.717, 1.165) is 24.2 Å². The third kappa shape index (κ3) is 3.52. The van der Waals surface area contributed by atoms with Crippen LogP contribution < -0.4 is 11.1 Å². The number of carbonyl (C=O) groups is 3. The van der Waals surface area contributed by atoms with Crippen molar-refractivity contribution in [3.8, 4) is 0 Å². The number of likely N-dealkylation sites (tertiary alicyclic amines) is 1. The molecule has 2 saturated heterocycles. The second-order valence-electron chi connectivity index (χ2n) is 10.2. The van der Waals surface area contributed by atoms with Gasteiger partial charge in [-0.1, -0.05) is 20.8 Å². The number of carbonyl (C=O) groups excluding carboxylic acids is 3. The van der Waals surface area contributed by atoms with E-state index < -0.39 is 11.6 Å². The van der Waals surface area contributed by atoms with Crippen LogP contribution in [0.3, 0.4) is 0 Å². The molecule has 0 radical (unpaired) electrons. The Morgan fingerprint density at radius 3 is 2.57 bits per heavy atom. The molecule has 4 fully saturated rings. The fourth-order valence-corrected chi connectivity index (χ4v) is 6.40. The van der Waals surface area contributed by atoms with E-state index in [1.165, 1.54) is 0 Å².